The van der Waals surface area contributed by atoms with E-state index in [1.165, 1.54) is 11.1 Å². The Kier molecular flexibility index (Phi) is 5.49. The molecule has 0 fully saturated rings. The fourth-order valence-corrected chi connectivity index (χ4v) is 1.85. The van der Waals surface area contributed by atoms with E-state index in [0.29, 0.717) is 5.92 Å². The Balaban J connectivity index is 2.42. The van der Waals surface area contributed by atoms with Gasteiger partial charge in [-0.1, -0.05) is 19.9 Å². The van der Waals surface area contributed by atoms with Crippen molar-refractivity contribution in [2.75, 3.05) is 13.1 Å². The van der Waals surface area contributed by atoms with Crippen LogP contribution in [0, 0.1) is 19.8 Å². The molecule has 1 rings (SSSR count). The van der Waals surface area contributed by atoms with Gasteiger partial charge in [0.15, 0.2) is 0 Å². The summed E-state index contributed by atoms with van der Waals surface area (Å²) < 4.78 is 5.90. The predicted octanol–water partition coefficient (Wildman–Crippen LogP) is 3.32. The first-order chi connectivity index (χ1) is 7.97. The zero-order valence-corrected chi connectivity index (χ0v) is 11.7. The van der Waals surface area contributed by atoms with E-state index in [4.69, 9.17) is 4.74 Å². The normalized spacial score (nSPS) is 12.8. The van der Waals surface area contributed by atoms with Gasteiger partial charge >= 0.3 is 0 Å². The fraction of sp³-hybridized carbons (Fsp3) is 0.600. The van der Waals surface area contributed by atoms with Gasteiger partial charge in [0.2, 0.25) is 0 Å². The lowest BCUT2D eigenvalue weighted by Gasteiger charge is -2.17. The molecule has 0 spiro atoms. The highest BCUT2D eigenvalue weighted by molar-refractivity contribution is 5.33. The number of nitrogens with one attached hydrogen (secondary N) is 1. The number of hydrogen-bond donors (Lipinski definition) is 1. The van der Waals surface area contributed by atoms with Crippen LogP contribution in [-0.2, 0) is 0 Å². The average Bonchev–Trinajstić information content (AvgIpc) is 2.14. The Morgan fingerprint density at radius 1 is 1.00 bits per heavy atom. The van der Waals surface area contributed by atoms with E-state index in [2.05, 4.69) is 58.1 Å². The molecule has 0 saturated heterocycles. The lowest BCUT2D eigenvalue weighted by molar-refractivity contribution is 0.215. The second kappa shape index (κ2) is 6.65. The standard InChI is InChI=1S/C15H25NO/c1-11(2)9-16-10-14(5)17-15-7-12(3)6-13(4)8-15/h6-8,11,14,16H,9-10H2,1-5H3. The van der Waals surface area contributed by atoms with Crippen molar-refractivity contribution in [3.8, 4) is 5.75 Å². The first-order valence-electron chi connectivity index (χ1n) is 6.43. The Bertz CT molecular complexity index is 327. The molecule has 17 heavy (non-hydrogen) atoms. The van der Waals surface area contributed by atoms with Gasteiger partial charge in [0, 0.05) is 6.54 Å². The summed E-state index contributed by atoms with van der Waals surface area (Å²) in [6.07, 6.45) is 0.204. The van der Waals surface area contributed by atoms with Gasteiger partial charge in [0.1, 0.15) is 11.9 Å². The highest BCUT2D eigenvalue weighted by Crippen LogP contribution is 2.17. The van der Waals surface area contributed by atoms with Crippen LogP contribution in [0.15, 0.2) is 18.2 Å². The van der Waals surface area contributed by atoms with Crippen molar-refractivity contribution in [2.45, 2.75) is 40.7 Å². The molecule has 1 unspecified atom stereocenters. The minimum Gasteiger partial charge on any atom is -0.489 e. The second-order valence-corrected chi connectivity index (χ2v) is 5.30. The third-order valence-corrected chi connectivity index (χ3v) is 2.52. The summed E-state index contributed by atoms with van der Waals surface area (Å²) >= 11 is 0. The molecule has 96 valence electrons. The Labute approximate surface area is 105 Å². The van der Waals surface area contributed by atoms with Crippen molar-refractivity contribution in [1.82, 2.24) is 5.32 Å². The van der Waals surface area contributed by atoms with Crippen LogP contribution >= 0.6 is 0 Å². The summed E-state index contributed by atoms with van der Waals surface area (Å²) in [6, 6.07) is 6.34. The van der Waals surface area contributed by atoms with Crippen LogP contribution in [0.1, 0.15) is 31.9 Å². The molecule has 0 aliphatic carbocycles. The molecule has 2 nitrogen and oxygen atoms in total. The van der Waals surface area contributed by atoms with Crippen molar-refractivity contribution < 1.29 is 4.74 Å². The van der Waals surface area contributed by atoms with E-state index in [1.807, 2.05) is 0 Å². The quantitative estimate of drug-likeness (QED) is 0.816. The van der Waals surface area contributed by atoms with Crippen molar-refractivity contribution in [1.29, 1.82) is 0 Å². The van der Waals surface area contributed by atoms with Crippen LogP contribution in [0.2, 0.25) is 0 Å². The van der Waals surface area contributed by atoms with Crippen LogP contribution < -0.4 is 10.1 Å². The molecule has 1 atom stereocenters. The van der Waals surface area contributed by atoms with Crippen LogP contribution in [0.25, 0.3) is 0 Å². The van der Waals surface area contributed by atoms with Crippen molar-refractivity contribution in [3.05, 3.63) is 29.3 Å². The summed E-state index contributed by atoms with van der Waals surface area (Å²) in [4.78, 5) is 0. The average molecular weight is 235 g/mol. The van der Waals surface area contributed by atoms with Crippen LogP contribution in [-0.4, -0.2) is 19.2 Å². The molecule has 0 saturated carbocycles. The van der Waals surface area contributed by atoms with Gasteiger partial charge in [-0.25, -0.2) is 0 Å². The van der Waals surface area contributed by atoms with E-state index in [9.17, 15) is 0 Å². The molecule has 0 heterocycles. The third-order valence-electron chi connectivity index (χ3n) is 2.52. The Morgan fingerprint density at radius 3 is 2.12 bits per heavy atom. The molecular formula is C15H25NO. The maximum absolute atomic E-state index is 5.90. The molecule has 1 aromatic rings. The van der Waals surface area contributed by atoms with Gasteiger partial charge in [-0.2, -0.15) is 0 Å². The lowest BCUT2D eigenvalue weighted by atomic mass is 10.1. The first kappa shape index (κ1) is 14.0. The van der Waals surface area contributed by atoms with Crippen molar-refractivity contribution >= 4 is 0 Å². The molecule has 0 bridgehead atoms. The summed E-state index contributed by atoms with van der Waals surface area (Å²) in [7, 11) is 0. The highest BCUT2D eigenvalue weighted by atomic mass is 16.5. The predicted molar refractivity (Wildman–Crippen MR) is 73.7 cm³/mol. The SMILES string of the molecule is Cc1cc(C)cc(OC(C)CNCC(C)C)c1. The Hall–Kier alpha value is -1.02. The first-order valence-corrected chi connectivity index (χ1v) is 6.43. The molecule has 0 amide bonds. The minimum absolute atomic E-state index is 0.204. The number of ether oxygens (including phenoxy) is 1. The van der Waals surface area contributed by atoms with Gasteiger partial charge in [-0.15, -0.1) is 0 Å². The van der Waals surface area contributed by atoms with Crippen molar-refractivity contribution in [2.24, 2.45) is 5.92 Å². The molecule has 1 N–H and O–H groups in total. The summed E-state index contributed by atoms with van der Waals surface area (Å²) in [5.74, 6) is 1.66. The van der Waals surface area contributed by atoms with Crippen molar-refractivity contribution in [3.63, 3.8) is 0 Å². The largest absolute Gasteiger partial charge is 0.489 e. The van der Waals surface area contributed by atoms with Gasteiger partial charge in [0.25, 0.3) is 0 Å². The molecular weight excluding hydrogens is 210 g/mol. The molecule has 0 radical (unpaired) electrons. The van der Waals surface area contributed by atoms with Crippen LogP contribution in [0.3, 0.4) is 0 Å². The molecule has 2 heteroatoms. The number of benzene rings is 1. The zero-order valence-electron chi connectivity index (χ0n) is 11.7. The Morgan fingerprint density at radius 2 is 1.59 bits per heavy atom. The van der Waals surface area contributed by atoms with Crippen LogP contribution in [0.5, 0.6) is 5.75 Å². The minimum atomic E-state index is 0.204. The molecule has 1 aromatic carbocycles. The summed E-state index contributed by atoms with van der Waals surface area (Å²) in [6.45, 7) is 12.7. The number of hydrogen-bond acceptors (Lipinski definition) is 2. The van der Waals surface area contributed by atoms with E-state index in [-0.39, 0.29) is 6.10 Å². The summed E-state index contributed by atoms with van der Waals surface area (Å²) in [5.41, 5.74) is 2.50. The third kappa shape index (κ3) is 5.73. The lowest BCUT2D eigenvalue weighted by Crippen LogP contribution is -2.31. The van der Waals surface area contributed by atoms with E-state index >= 15 is 0 Å². The molecule has 0 aliphatic heterocycles. The van der Waals surface area contributed by atoms with Crippen LogP contribution in [0.4, 0.5) is 0 Å². The van der Waals surface area contributed by atoms with Gasteiger partial charge in [-0.05, 0) is 56.5 Å². The highest BCUT2D eigenvalue weighted by Gasteiger charge is 2.05. The van der Waals surface area contributed by atoms with Gasteiger partial charge in [-0.3, -0.25) is 0 Å². The fourth-order valence-electron chi connectivity index (χ4n) is 1.85. The number of aryl methyl sites for hydroxylation is 2. The maximum atomic E-state index is 5.90. The number of rotatable bonds is 6. The zero-order chi connectivity index (χ0) is 12.8. The topological polar surface area (TPSA) is 21.3 Å². The smallest absolute Gasteiger partial charge is 0.120 e. The molecule has 0 aliphatic rings. The maximum Gasteiger partial charge on any atom is 0.120 e. The van der Waals surface area contributed by atoms with E-state index in [0.717, 1.165) is 18.8 Å². The monoisotopic (exact) mass is 235 g/mol. The van der Waals surface area contributed by atoms with E-state index in [1.54, 1.807) is 0 Å². The van der Waals surface area contributed by atoms with Gasteiger partial charge < -0.3 is 10.1 Å². The molecule has 0 aromatic heterocycles. The van der Waals surface area contributed by atoms with E-state index < -0.39 is 0 Å². The summed E-state index contributed by atoms with van der Waals surface area (Å²) in [5, 5.41) is 3.41. The second-order valence-electron chi connectivity index (χ2n) is 5.30. The van der Waals surface area contributed by atoms with Gasteiger partial charge in [0.05, 0.1) is 0 Å².